The summed E-state index contributed by atoms with van der Waals surface area (Å²) in [5, 5.41) is 12.2. The number of carbonyl (C=O) groups is 1. The predicted molar refractivity (Wildman–Crippen MR) is 72.0 cm³/mol. The molecule has 0 unspecified atom stereocenters. The monoisotopic (exact) mass is 285 g/mol. The zero-order valence-electron chi connectivity index (χ0n) is 10.4. The van der Waals surface area contributed by atoms with E-state index in [-0.39, 0.29) is 10.7 Å². The Bertz CT molecular complexity index is 450. The van der Waals surface area contributed by atoms with Gasteiger partial charge in [-0.3, -0.25) is 4.90 Å². The summed E-state index contributed by atoms with van der Waals surface area (Å²) in [4.78, 5) is 17.2. The Balaban J connectivity index is 1.86. The summed E-state index contributed by atoms with van der Waals surface area (Å²) < 4.78 is 5.26. The van der Waals surface area contributed by atoms with Gasteiger partial charge in [0.2, 0.25) is 0 Å². The highest BCUT2D eigenvalue weighted by Gasteiger charge is 2.10. The van der Waals surface area contributed by atoms with Gasteiger partial charge in [0.1, 0.15) is 11.0 Å². The van der Waals surface area contributed by atoms with Gasteiger partial charge in [-0.05, 0) is 12.1 Å². The lowest BCUT2D eigenvalue weighted by Gasteiger charge is -2.26. The number of hydrogen-bond donors (Lipinski definition) is 2. The second-order valence-corrected chi connectivity index (χ2v) is 4.64. The topological polar surface area (TPSA) is 74.7 Å². The lowest BCUT2D eigenvalue weighted by atomic mass is 10.2. The van der Waals surface area contributed by atoms with E-state index in [1.807, 2.05) is 0 Å². The number of hydrogen-bond acceptors (Lipinski definition) is 5. The molecule has 1 aromatic heterocycles. The van der Waals surface area contributed by atoms with Crippen LogP contribution < -0.4 is 5.32 Å². The van der Waals surface area contributed by atoms with Gasteiger partial charge in [0.15, 0.2) is 0 Å². The first-order chi connectivity index (χ1) is 9.15. The number of aromatic nitrogens is 1. The SMILES string of the molecule is O=C(O)c1cc(Cl)nc(NCCN2CCOCC2)c1. The zero-order valence-corrected chi connectivity index (χ0v) is 11.2. The summed E-state index contributed by atoms with van der Waals surface area (Å²) in [6.45, 7) is 4.92. The van der Waals surface area contributed by atoms with Crippen LogP contribution in [0.5, 0.6) is 0 Å². The maximum atomic E-state index is 10.9. The Labute approximate surface area is 116 Å². The second-order valence-electron chi connectivity index (χ2n) is 4.25. The molecule has 0 spiro atoms. The van der Waals surface area contributed by atoms with E-state index in [0.29, 0.717) is 12.4 Å². The Morgan fingerprint density at radius 3 is 2.89 bits per heavy atom. The van der Waals surface area contributed by atoms with Gasteiger partial charge in [-0.15, -0.1) is 0 Å². The van der Waals surface area contributed by atoms with Crippen LogP contribution in [0.1, 0.15) is 10.4 Å². The average molecular weight is 286 g/mol. The summed E-state index contributed by atoms with van der Waals surface area (Å²) in [5.41, 5.74) is 0.133. The van der Waals surface area contributed by atoms with Crippen molar-refractivity contribution in [2.45, 2.75) is 0 Å². The number of aromatic carboxylic acids is 1. The lowest BCUT2D eigenvalue weighted by molar-refractivity contribution is 0.0398. The van der Waals surface area contributed by atoms with Crippen LogP contribution in [0, 0.1) is 0 Å². The summed E-state index contributed by atoms with van der Waals surface area (Å²) in [6.07, 6.45) is 0. The fraction of sp³-hybridized carbons (Fsp3) is 0.500. The van der Waals surface area contributed by atoms with Gasteiger partial charge in [0, 0.05) is 26.2 Å². The normalized spacial score (nSPS) is 16.3. The molecule has 1 aliphatic rings. The van der Waals surface area contributed by atoms with Crippen molar-refractivity contribution >= 4 is 23.4 Å². The van der Waals surface area contributed by atoms with Gasteiger partial charge in [-0.1, -0.05) is 11.6 Å². The molecular formula is C12H16ClN3O3. The number of ether oxygens (including phenoxy) is 1. The fourth-order valence-corrected chi connectivity index (χ4v) is 2.09. The first-order valence-corrected chi connectivity index (χ1v) is 6.48. The Kier molecular flexibility index (Phi) is 4.95. The van der Waals surface area contributed by atoms with Crippen molar-refractivity contribution in [1.82, 2.24) is 9.88 Å². The van der Waals surface area contributed by atoms with E-state index in [1.165, 1.54) is 12.1 Å². The Morgan fingerprint density at radius 2 is 2.21 bits per heavy atom. The van der Waals surface area contributed by atoms with Gasteiger partial charge in [-0.25, -0.2) is 9.78 Å². The molecule has 0 amide bonds. The third-order valence-corrected chi connectivity index (χ3v) is 3.07. The number of rotatable bonds is 5. The zero-order chi connectivity index (χ0) is 13.7. The Hall–Kier alpha value is -1.37. The maximum Gasteiger partial charge on any atom is 0.335 e. The minimum Gasteiger partial charge on any atom is -0.478 e. The van der Waals surface area contributed by atoms with E-state index in [4.69, 9.17) is 21.4 Å². The molecule has 19 heavy (non-hydrogen) atoms. The molecule has 2 N–H and O–H groups in total. The third kappa shape index (κ3) is 4.34. The van der Waals surface area contributed by atoms with E-state index < -0.39 is 5.97 Å². The smallest absolute Gasteiger partial charge is 0.335 e. The van der Waals surface area contributed by atoms with Gasteiger partial charge in [0.05, 0.1) is 18.8 Å². The number of nitrogens with one attached hydrogen (secondary N) is 1. The number of nitrogens with zero attached hydrogens (tertiary/aromatic N) is 2. The molecule has 0 atom stereocenters. The van der Waals surface area contributed by atoms with E-state index in [9.17, 15) is 4.79 Å². The molecule has 1 fully saturated rings. The standard InChI is InChI=1S/C12H16ClN3O3/c13-10-7-9(12(17)18)8-11(15-10)14-1-2-16-3-5-19-6-4-16/h7-8H,1-6H2,(H,14,15)(H,17,18). The van der Waals surface area contributed by atoms with Crippen molar-refractivity contribution in [2.24, 2.45) is 0 Å². The van der Waals surface area contributed by atoms with E-state index >= 15 is 0 Å². The third-order valence-electron chi connectivity index (χ3n) is 2.88. The summed E-state index contributed by atoms with van der Waals surface area (Å²) in [7, 11) is 0. The van der Waals surface area contributed by atoms with Gasteiger partial charge >= 0.3 is 5.97 Å². The van der Waals surface area contributed by atoms with Crippen LogP contribution in [0.25, 0.3) is 0 Å². The molecule has 0 radical (unpaired) electrons. The van der Waals surface area contributed by atoms with E-state index in [2.05, 4.69) is 15.2 Å². The fourth-order valence-electron chi connectivity index (χ4n) is 1.88. The molecule has 1 aromatic rings. The highest BCUT2D eigenvalue weighted by atomic mass is 35.5. The molecule has 2 heterocycles. The predicted octanol–water partition coefficient (Wildman–Crippen LogP) is 1.18. The molecule has 1 saturated heterocycles. The molecule has 7 heteroatoms. The molecule has 0 saturated carbocycles. The van der Waals surface area contributed by atoms with Crippen molar-refractivity contribution in [1.29, 1.82) is 0 Å². The molecular weight excluding hydrogens is 270 g/mol. The van der Waals surface area contributed by atoms with E-state index in [0.717, 1.165) is 32.8 Å². The van der Waals surface area contributed by atoms with Crippen molar-refractivity contribution in [3.05, 3.63) is 22.8 Å². The van der Waals surface area contributed by atoms with Crippen LogP contribution >= 0.6 is 11.6 Å². The first kappa shape index (κ1) is 14.0. The maximum absolute atomic E-state index is 10.9. The van der Waals surface area contributed by atoms with Crippen molar-refractivity contribution < 1.29 is 14.6 Å². The van der Waals surface area contributed by atoms with Crippen molar-refractivity contribution in [3.8, 4) is 0 Å². The van der Waals surface area contributed by atoms with Crippen LogP contribution in [0.3, 0.4) is 0 Å². The quantitative estimate of drug-likeness (QED) is 0.791. The minimum atomic E-state index is -1.01. The summed E-state index contributed by atoms with van der Waals surface area (Å²) in [5.74, 6) is -0.529. The van der Waals surface area contributed by atoms with E-state index in [1.54, 1.807) is 0 Å². The van der Waals surface area contributed by atoms with Gasteiger partial charge in [0.25, 0.3) is 0 Å². The second kappa shape index (κ2) is 6.70. The summed E-state index contributed by atoms with van der Waals surface area (Å²) in [6, 6.07) is 2.81. The van der Waals surface area contributed by atoms with Crippen LogP contribution in [0.4, 0.5) is 5.82 Å². The molecule has 104 valence electrons. The number of morpholine rings is 1. The number of anilines is 1. The molecule has 0 aromatic carbocycles. The van der Waals surface area contributed by atoms with Crippen LogP contribution in [0.15, 0.2) is 12.1 Å². The first-order valence-electron chi connectivity index (χ1n) is 6.10. The molecule has 2 rings (SSSR count). The largest absolute Gasteiger partial charge is 0.478 e. The number of carboxylic acids is 1. The number of halogens is 1. The lowest BCUT2D eigenvalue weighted by Crippen LogP contribution is -2.39. The number of carboxylic acid groups (broad SMARTS) is 1. The highest BCUT2D eigenvalue weighted by molar-refractivity contribution is 6.29. The highest BCUT2D eigenvalue weighted by Crippen LogP contribution is 2.14. The average Bonchev–Trinajstić information content (AvgIpc) is 2.39. The minimum absolute atomic E-state index is 0.133. The van der Waals surface area contributed by atoms with Crippen molar-refractivity contribution in [2.75, 3.05) is 44.7 Å². The molecule has 0 bridgehead atoms. The summed E-state index contributed by atoms with van der Waals surface area (Å²) >= 11 is 5.78. The molecule has 0 aliphatic carbocycles. The number of pyridine rings is 1. The van der Waals surface area contributed by atoms with Crippen LogP contribution in [0.2, 0.25) is 5.15 Å². The van der Waals surface area contributed by atoms with Gasteiger partial charge < -0.3 is 15.2 Å². The van der Waals surface area contributed by atoms with Gasteiger partial charge in [-0.2, -0.15) is 0 Å². The Morgan fingerprint density at radius 1 is 1.47 bits per heavy atom. The van der Waals surface area contributed by atoms with Crippen LogP contribution in [-0.2, 0) is 4.74 Å². The molecule has 6 nitrogen and oxygen atoms in total. The van der Waals surface area contributed by atoms with Crippen LogP contribution in [-0.4, -0.2) is 60.4 Å². The van der Waals surface area contributed by atoms with Crippen molar-refractivity contribution in [3.63, 3.8) is 0 Å². The molecule has 1 aliphatic heterocycles.